The number of hydrogen-bond donors (Lipinski definition) is 2. The number of rotatable bonds is 7. The van der Waals surface area contributed by atoms with Crippen molar-refractivity contribution in [2.24, 2.45) is 0 Å². The van der Waals surface area contributed by atoms with Crippen molar-refractivity contribution in [1.82, 2.24) is 15.2 Å². The van der Waals surface area contributed by atoms with E-state index >= 15 is 0 Å². The van der Waals surface area contributed by atoms with Gasteiger partial charge in [-0.3, -0.25) is 9.89 Å². The van der Waals surface area contributed by atoms with E-state index in [4.69, 9.17) is 27.9 Å². The van der Waals surface area contributed by atoms with Crippen LogP contribution >= 0.6 is 35.0 Å². The van der Waals surface area contributed by atoms with Crippen LogP contribution in [0.2, 0.25) is 10.0 Å². The fourth-order valence-corrected chi connectivity index (χ4v) is 3.24. The van der Waals surface area contributed by atoms with Crippen LogP contribution in [0.5, 0.6) is 5.75 Å². The number of hydrogen-bond acceptors (Lipinski definition) is 5. The van der Waals surface area contributed by atoms with Gasteiger partial charge >= 0.3 is 0 Å². The van der Waals surface area contributed by atoms with Gasteiger partial charge in [-0.2, -0.15) is 0 Å². The number of carbonyl (C=O) groups is 1. The molecule has 0 bridgehead atoms. The van der Waals surface area contributed by atoms with Crippen molar-refractivity contribution >= 4 is 46.6 Å². The Morgan fingerprint density at radius 2 is 2.11 bits per heavy atom. The van der Waals surface area contributed by atoms with Crippen LogP contribution in [-0.2, 0) is 11.4 Å². The largest absolute Gasteiger partial charge is 0.486 e. The molecule has 0 aliphatic rings. The van der Waals surface area contributed by atoms with Crippen molar-refractivity contribution in [3.63, 3.8) is 0 Å². The maximum Gasteiger partial charge on any atom is 0.234 e. The molecular formula is C18H16Cl2N4O2S. The highest BCUT2D eigenvalue weighted by molar-refractivity contribution is 7.99. The summed E-state index contributed by atoms with van der Waals surface area (Å²) in [6.07, 6.45) is 0. The molecule has 0 saturated carbocycles. The third-order valence-electron chi connectivity index (χ3n) is 3.41. The van der Waals surface area contributed by atoms with Crippen LogP contribution in [0, 0.1) is 6.92 Å². The summed E-state index contributed by atoms with van der Waals surface area (Å²) in [7, 11) is 0. The molecule has 27 heavy (non-hydrogen) atoms. The van der Waals surface area contributed by atoms with Crippen LogP contribution in [-0.4, -0.2) is 26.8 Å². The normalized spacial score (nSPS) is 10.6. The van der Waals surface area contributed by atoms with Crippen molar-refractivity contribution in [1.29, 1.82) is 0 Å². The van der Waals surface area contributed by atoms with Gasteiger partial charge in [0, 0.05) is 5.02 Å². The summed E-state index contributed by atoms with van der Waals surface area (Å²) >= 11 is 13.1. The fourth-order valence-electron chi connectivity index (χ4n) is 2.17. The highest BCUT2D eigenvalue weighted by Gasteiger charge is 2.10. The van der Waals surface area contributed by atoms with Crippen molar-refractivity contribution in [2.75, 3.05) is 11.1 Å². The van der Waals surface area contributed by atoms with E-state index in [9.17, 15) is 4.79 Å². The standard InChI is InChI=1S/C18H16Cl2N4O2S/c1-11-3-2-4-13(7-11)26-9-16-22-18(24-23-16)27-10-17(25)21-15-6-5-12(19)8-14(15)20/h2-8H,9-10H2,1H3,(H,21,25)(H,22,23,24). The first kappa shape index (κ1) is 19.5. The number of H-pyrrole nitrogens is 1. The molecule has 3 aromatic rings. The van der Waals surface area contributed by atoms with Crippen molar-refractivity contribution in [3.05, 3.63) is 63.9 Å². The maximum atomic E-state index is 12.1. The SMILES string of the molecule is Cc1cccc(OCc2nc(SCC(=O)Nc3ccc(Cl)cc3Cl)n[nH]2)c1. The zero-order valence-electron chi connectivity index (χ0n) is 14.3. The predicted molar refractivity (Wildman–Crippen MR) is 108 cm³/mol. The Labute approximate surface area is 170 Å². The molecule has 2 aromatic carbocycles. The van der Waals surface area contributed by atoms with Crippen LogP contribution in [0.25, 0.3) is 0 Å². The summed E-state index contributed by atoms with van der Waals surface area (Å²) in [5.41, 5.74) is 1.63. The summed E-state index contributed by atoms with van der Waals surface area (Å²) in [6, 6.07) is 12.6. The van der Waals surface area contributed by atoms with E-state index in [0.717, 1.165) is 11.3 Å². The second kappa shape index (κ2) is 9.12. The number of benzene rings is 2. The quantitative estimate of drug-likeness (QED) is 0.537. The molecule has 0 aliphatic heterocycles. The van der Waals surface area contributed by atoms with Crippen molar-refractivity contribution in [2.45, 2.75) is 18.7 Å². The molecule has 0 spiro atoms. The van der Waals surface area contributed by atoms with E-state index in [2.05, 4.69) is 20.5 Å². The second-order valence-electron chi connectivity index (χ2n) is 5.63. The lowest BCUT2D eigenvalue weighted by Crippen LogP contribution is -2.14. The molecular weight excluding hydrogens is 407 g/mol. The number of aromatic nitrogens is 3. The number of carbonyl (C=O) groups excluding carboxylic acids is 1. The molecule has 6 nitrogen and oxygen atoms in total. The predicted octanol–water partition coefficient (Wildman–Crippen LogP) is 4.73. The number of amides is 1. The third kappa shape index (κ3) is 5.89. The van der Waals surface area contributed by atoms with E-state index in [1.807, 2.05) is 31.2 Å². The summed E-state index contributed by atoms with van der Waals surface area (Å²) in [4.78, 5) is 16.4. The van der Waals surface area contributed by atoms with Gasteiger partial charge in [-0.25, -0.2) is 4.98 Å². The van der Waals surface area contributed by atoms with Gasteiger partial charge < -0.3 is 10.1 Å². The summed E-state index contributed by atoms with van der Waals surface area (Å²) in [6.45, 7) is 2.27. The number of anilines is 1. The molecule has 9 heteroatoms. The topological polar surface area (TPSA) is 79.9 Å². The molecule has 140 valence electrons. The van der Waals surface area contributed by atoms with Gasteiger partial charge in [-0.15, -0.1) is 5.10 Å². The number of halogens is 2. The molecule has 3 rings (SSSR count). The Bertz CT molecular complexity index is 949. The van der Waals surface area contributed by atoms with Gasteiger partial charge in [0.25, 0.3) is 0 Å². The lowest BCUT2D eigenvalue weighted by atomic mass is 10.2. The van der Waals surface area contributed by atoms with E-state index < -0.39 is 0 Å². The van der Waals surface area contributed by atoms with Crippen LogP contribution in [0.3, 0.4) is 0 Å². The monoisotopic (exact) mass is 422 g/mol. The number of aryl methyl sites for hydroxylation is 1. The molecule has 0 saturated heterocycles. The molecule has 0 atom stereocenters. The molecule has 1 amide bonds. The van der Waals surface area contributed by atoms with E-state index in [-0.39, 0.29) is 18.3 Å². The molecule has 2 N–H and O–H groups in total. The lowest BCUT2D eigenvalue weighted by molar-refractivity contribution is -0.113. The van der Waals surface area contributed by atoms with Gasteiger partial charge in [-0.05, 0) is 42.8 Å². The number of aromatic amines is 1. The Kier molecular flexibility index (Phi) is 6.60. The number of nitrogens with zero attached hydrogens (tertiary/aromatic N) is 2. The first-order valence-corrected chi connectivity index (χ1v) is 9.72. The molecule has 0 radical (unpaired) electrons. The van der Waals surface area contributed by atoms with Gasteiger partial charge in [0.2, 0.25) is 11.1 Å². The van der Waals surface area contributed by atoms with Gasteiger partial charge in [0.05, 0.1) is 16.5 Å². The fraction of sp³-hybridized carbons (Fsp3) is 0.167. The average Bonchev–Trinajstić information content (AvgIpc) is 3.09. The third-order valence-corrected chi connectivity index (χ3v) is 4.81. The van der Waals surface area contributed by atoms with E-state index in [0.29, 0.717) is 26.7 Å². The molecule has 0 unspecified atom stereocenters. The Hall–Kier alpha value is -2.22. The zero-order valence-corrected chi connectivity index (χ0v) is 16.7. The van der Waals surface area contributed by atoms with Gasteiger partial charge in [0.15, 0.2) is 5.82 Å². The molecule has 0 fully saturated rings. The number of thioether (sulfide) groups is 1. The summed E-state index contributed by atoms with van der Waals surface area (Å²) in [5.74, 6) is 1.28. The van der Waals surface area contributed by atoms with Crippen molar-refractivity contribution in [3.8, 4) is 5.75 Å². The highest BCUT2D eigenvalue weighted by Crippen LogP contribution is 2.25. The smallest absolute Gasteiger partial charge is 0.234 e. The first-order valence-electron chi connectivity index (χ1n) is 7.98. The summed E-state index contributed by atoms with van der Waals surface area (Å²) < 4.78 is 5.67. The number of nitrogens with one attached hydrogen (secondary N) is 2. The van der Waals surface area contributed by atoms with Gasteiger partial charge in [-0.1, -0.05) is 47.1 Å². The molecule has 1 aromatic heterocycles. The van der Waals surface area contributed by atoms with Crippen LogP contribution < -0.4 is 10.1 Å². The zero-order chi connectivity index (χ0) is 19.2. The van der Waals surface area contributed by atoms with Crippen molar-refractivity contribution < 1.29 is 9.53 Å². The Morgan fingerprint density at radius 1 is 1.26 bits per heavy atom. The first-order chi connectivity index (χ1) is 13.0. The average molecular weight is 423 g/mol. The minimum atomic E-state index is -0.216. The van der Waals surface area contributed by atoms with Crippen LogP contribution in [0.1, 0.15) is 11.4 Å². The minimum Gasteiger partial charge on any atom is -0.486 e. The van der Waals surface area contributed by atoms with E-state index in [1.165, 1.54) is 11.8 Å². The Morgan fingerprint density at radius 3 is 2.89 bits per heavy atom. The lowest BCUT2D eigenvalue weighted by Gasteiger charge is -2.06. The second-order valence-corrected chi connectivity index (χ2v) is 7.42. The highest BCUT2D eigenvalue weighted by atomic mass is 35.5. The van der Waals surface area contributed by atoms with E-state index in [1.54, 1.807) is 18.2 Å². The van der Waals surface area contributed by atoms with Crippen LogP contribution in [0.4, 0.5) is 5.69 Å². The number of ether oxygens (including phenoxy) is 1. The maximum absolute atomic E-state index is 12.1. The van der Waals surface area contributed by atoms with Gasteiger partial charge in [0.1, 0.15) is 12.4 Å². The molecule has 1 heterocycles. The Balaban J connectivity index is 1.48. The van der Waals surface area contributed by atoms with Crippen LogP contribution in [0.15, 0.2) is 47.6 Å². The molecule has 0 aliphatic carbocycles. The minimum absolute atomic E-state index is 0.148. The summed E-state index contributed by atoms with van der Waals surface area (Å²) in [5, 5.41) is 11.0.